The minimum absolute atomic E-state index is 0.294. The number of amides is 1. The van der Waals surface area contributed by atoms with Crippen molar-refractivity contribution < 1.29 is 14.7 Å². The average molecular weight is 314 g/mol. The molecule has 0 radical (unpaired) electrons. The highest BCUT2D eigenvalue weighted by Gasteiger charge is 2.33. The normalized spacial score (nSPS) is 18.9. The first-order chi connectivity index (χ1) is 9.54. The zero-order chi connectivity index (χ0) is 14.7. The number of hydrogen-bond donors (Lipinski definition) is 1. The van der Waals surface area contributed by atoms with Gasteiger partial charge >= 0.3 is 5.97 Å². The van der Waals surface area contributed by atoms with Gasteiger partial charge in [0.1, 0.15) is 6.04 Å². The lowest BCUT2D eigenvalue weighted by Gasteiger charge is -2.33. The SMILES string of the molecule is CSc1ccc(Cl)c(C(=O)N2CCCC[C@@H]2C(=O)O)c1. The smallest absolute Gasteiger partial charge is 0.326 e. The molecule has 0 aliphatic carbocycles. The molecule has 20 heavy (non-hydrogen) atoms. The van der Waals surface area contributed by atoms with Crippen molar-refractivity contribution in [3.05, 3.63) is 28.8 Å². The van der Waals surface area contributed by atoms with Crippen LogP contribution in [0, 0.1) is 0 Å². The number of benzene rings is 1. The largest absolute Gasteiger partial charge is 0.480 e. The Morgan fingerprint density at radius 1 is 1.40 bits per heavy atom. The van der Waals surface area contributed by atoms with Crippen LogP contribution in [0.4, 0.5) is 0 Å². The van der Waals surface area contributed by atoms with Crippen LogP contribution in [0.3, 0.4) is 0 Å². The Labute approximate surface area is 127 Å². The number of carbonyl (C=O) groups is 2. The quantitative estimate of drug-likeness (QED) is 0.871. The Hall–Kier alpha value is -1.20. The zero-order valence-electron chi connectivity index (χ0n) is 11.1. The fourth-order valence-electron chi connectivity index (χ4n) is 2.38. The van der Waals surface area contributed by atoms with Gasteiger partial charge in [0.2, 0.25) is 0 Å². The van der Waals surface area contributed by atoms with E-state index in [1.165, 1.54) is 16.7 Å². The molecular formula is C14H16ClNO3S. The molecule has 6 heteroatoms. The molecule has 1 N–H and O–H groups in total. The Bertz CT molecular complexity index is 535. The van der Waals surface area contributed by atoms with E-state index in [2.05, 4.69) is 0 Å². The maximum absolute atomic E-state index is 12.6. The van der Waals surface area contributed by atoms with Crippen molar-refractivity contribution in [2.45, 2.75) is 30.2 Å². The molecule has 4 nitrogen and oxygen atoms in total. The molecule has 0 unspecified atom stereocenters. The summed E-state index contributed by atoms with van der Waals surface area (Å²) in [5, 5.41) is 9.61. The molecule has 108 valence electrons. The Kier molecular flexibility index (Phi) is 4.94. The zero-order valence-corrected chi connectivity index (χ0v) is 12.7. The van der Waals surface area contributed by atoms with E-state index in [4.69, 9.17) is 11.6 Å². The summed E-state index contributed by atoms with van der Waals surface area (Å²) in [7, 11) is 0. The number of thioether (sulfide) groups is 1. The molecule has 1 heterocycles. The first-order valence-electron chi connectivity index (χ1n) is 6.42. The molecule has 0 spiro atoms. The molecular weight excluding hydrogens is 298 g/mol. The van der Waals surface area contributed by atoms with Crippen LogP contribution < -0.4 is 0 Å². The molecule has 1 aromatic carbocycles. The van der Waals surface area contributed by atoms with Crippen LogP contribution >= 0.6 is 23.4 Å². The van der Waals surface area contributed by atoms with Gasteiger partial charge < -0.3 is 10.0 Å². The summed E-state index contributed by atoms with van der Waals surface area (Å²) in [4.78, 5) is 26.2. The van der Waals surface area contributed by atoms with Gasteiger partial charge in [-0.25, -0.2) is 4.79 Å². The second kappa shape index (κ2) is 6.50. The van der Waals surface area contributed by atoms with Gasteiger partial charge in [0.05, 0.1) is 10.6 Å². The van der Waals surface area contributed by atoms with E-state index in [1.807, 2.05) is 12.3 Å². The van der Waals surface area contributed by atoms with Crippen molar-refractivity contribution in [1.82, 2.24) is 4.90 Å². The molecule has 0 aromatic heterocycles. The van der Waals surface area contributed by atoms with Crippen molar-refractivity contribution in [2.24, 2.45) is 0 Å². The number of halogens is 1. The first kappa shape index (κ1) is 15.2. The summed E-state index contributed by atoms with van der Waals surface area (Å²) >= 11 is 7.61. The number of nitrogens with zero attached hydrogens (tertiary/aromatic N) is 1. The number of carboxylic acids is 1. The van der Waals surface area contributed by atoms with Crippen molar-refractivity contribution in [2.75, 3.05) is 12.8 Å². The van der Waals surface area contributed by atoms with Gasteiger partial charge in [-0.3, -0.25) is 4.79 Å². The topological polar surface area (TPSA) is 57.6 Å². The molecule has 0 bridgehead atoms. The van der Waals surface area contributed by atoms with Gasteiger partial charge in [0.15, 0.2) is 0 Å². The lowest BCUT2D eigenvalue weighted by atomic mass is 10.0. The number of hydrogen-bond acceptors (Lipinski definition) is 3. The van der Waals surface area contributed by atoms with E-state index in [9.17, 15) is 14.7 Å². The van der Waals surface area contributed by atoms with Crippen LogP contribution in [0.2, 0.25) is 5.02 Å². The fourth-order valence-corrected chi connectivity index (χ4v) is 3.02. The van der Waals surface area contributed by atoms with Gasteiger partial charge in [-0.05, 0) is 43.7 Å². The molecule has 1 aliphatic heterocycles. The third-order valence-corrected chi connectivity index (χ3v) is 4.51. The summed E-state index contributed by atoms with van der Waals surface area (Å²) in [6.07, 6.45) is 4.08. The average Bonchev–Trinajstić information content (AvgIpc) is 2.47. The fraction of sp³-hybridized carbons (Fsp3) is 0.429. The van der Waals surface area contributed by atoms with Crippen LogP contribution in [-0.2, 0) is 4.79 Å². The maximum Gasteiger partial charge on any atom is 0.326 e. The molecule has 1 atom stereocenters. The number of likely N-dealkylation sites (tertiary alicyclic amines) is 1. The third-order valence-electron chi connectivity index (χ3n) is 3.45. The lowest BCUT2D eigenvalue weighted by Crippen LogP contribution is -2.48. The number of rotatable bonds is 3. The van der Waals surface area contributed by atoms with Crippen molar-refractivity contribution in [3.63, 3.8) is 0 Å². The second-order valence-electron chi connectivity index (χ2n) is 4.69. The van der Waals surface area contributed by atoms with Crippen molar-refractivity contribution in [3.8, 4) is 0 Å². The van der Waals surface area contributed by atoms with Crippen molar-refractivity contribution in [1.29, 1.82) is 0 Å². The Morgan fingerprint density at radius 2 is 2.15 bits per heavy atom. The summed E-state index contributed by atoms with van der Waals surface area (Å²) < 4.78 is 0. The minimum Gasteiger partial charge on any atom is -0.480 e. The highest BCUT2D eigenvalue weighted by atomic mass is 35.5. The van der Waals surface area contributed by atoms with E-state index in [-0.39, 0.29) is 5.91 Å². The monoisotopic (exact) mass is 313 g/mol. The van der Waals surface area contributed by atoms with E-state index in [0.29, 0.717) is 23.6 Å². The van der Waals surface area contributed by atoms with Crippen LogP contribution in [0.5, 0.6) is 0 Å². The molecule has 1 aliphatic rings. The number of carboxylic acid groups (broad SMARTS) is 1. The molecule has 0 saturated carbocycles. The van der Waals surface area contributed by atoms with E-state index in [1.54, 1.807) is 12.1 Å². The summed E-state index contributed by atoms with van der Waals surface area (Å²) in [6, 6.07) is 4.50. The van der Waals surface area contributed by atoms with E-state index in [0.717, 1.165) is 17.7 Å². The van der Waals surface area contributed by atoms with Gasteiger partial charge in [-0.15, -0.1) is 11.8 Å². The Balaban J connectivity index is 2.31. The van der Waals surface area contributed by atoms with Gasteiger partial charge in [-0.1, -0.05) is 11.6 Å². The predicted molar refractivity (Wildman–Crippen MR) is 79.5 cm³/mol. The maximum atomic E-state index is 12.6. The minimum atomic E-state index is -0.949. The van der Waals surface area contributed by atoms with Gasteiger partial charge in [-0.2, -0.15) is 0 Å². The van der Waals surface area contributed by atoms with Crippen molar-refractivity contribution >= 4 is 35.2 Å². The number of piperidine rings is 1. The van der Waals surface area contributed by atoms with E-state index >= 15 is 0 Å². The van der Waals surface area contributed by atoms with Crippen LogP contribution in [0.1, 0.15) is 29.6 Å². The summed E-state index contributed by atoms with van der Waals surface area (Å²) in [5.74, 6) is -1.24. The predicted octanol–water partition coefficient (Wildman–Crippen LogP) is 3.14. The molecule has 1 aromatic rings. The molecule has 1 amide bonds. The number of carbonyl (C=O) groups excluding carboxylic acids is 1. The van der Waals surface area contributed by atoms with Gasteiger partial charge in [0, 0.05) is 11.4 Å². The highest BCUT2D eigenvalue weighted by Crippen LogP contribution is 2.27. The standard InChI is InChI=1S/C14H16ClNO3S/c1-20-9-5-6-11(15)10(8-9)13(17)16-7-3-2-4-12(16)14(18)19/h5-6,8,12H,2-4,7H2,1H3,(H,18,19)/t12-/m1/s1. The van der Waals surface area contributed by atoms with Gasteiger partial charge in [0.25, 0.3) is 5.91 Å². The highest BCUT2D eigenvalue weighted by molar-refractivity contribution is 7.98. The van der Waals surface area contributed by atoms with Crippen LogP contribution in [0.25, 0.3) is 0 Å². The summed E-state index contributed by atoms with van der Waals surface area (Å²) in [6.45, 7) is 0.468. The first-order valence-corrected chi connectivity index (χ1v) is 8.02. The summed E-state index contributed by atoms with van der Waals surface area (Å²) in [5.41, 5.74) is 0.381. The number of aliphatic carboxylic acids is 1. The lowest BCUT2D eigenvalue weighted by molar-refractivity contribution is -0.143. The molecule has 1 fully saturated rings. The van der Waals surface area contributed by atoms with Crippen LogP contribution in [-0.4, -0.2) is 40.7 Å². The Morgan fingerprint density at radius 3 is 2.80 bits per heavy atom. The van der Waals surface area contributed by atoms with Crippen LogP contribution in [0.15, 0.2) is 23.1 Å². The third kappa shape index (κ3) is 3.10. The molecule has 2 rings (SSSR count). The van der Waals surface area contributed by atoms with E-state index < -0.39 is 12.0 Å². The second-order valence-corrected chi connectivity index (χ2v) is 5.98. The molecule has 1 saturated heterocycles.